The van der Waals surface area contributed by atoms with Crippen LogP contribution in [0.5, 0.6) is 0 Å². The topological polar surface area (TPSA) is 190 Å². The fourth-order valence-electron chi connectivity index (χ4n) is 6.97. The highest BCUT2D eigenvalue weighted by Gasteiger charge is 2.35. The predicted molar refractivity (Wildman–Crippen MR) is 212 cm³/mol. The van der Waals surface area contributed by atoms with E-state index in [0.29, 0.717) is 59.8 Å². The van der Waals surface area contributed by atoms with Crippen LogP contribution in [0.1, 0.15) is 70.9 Å². The first-order valence-corrected chi connectivity index (χ1v) is 19.6. The minimum absolute atomic E-state index is 0.124. The Hall–Kier alpha value is -5.42. The monoisotopic (exact) mass is 773 g/mol. The molecule has 0 bridgehead atoms. The molecule has 3 aromatic rings. The number of piperidine rings is 1. The van der Waals surface area contributed by atoms with Crippen LogP contribution in [0.25, 0.3) is 0 Å². The molecule has 3 aliphatic heterocycles. The van der Waals surface area contributed by atoms with Gasteiger partial charge < -0.3 is 30.7 Å². The Balaban J connectivity index is 0.00000285. The second kappa shape index (κ2) is 18.8. The summed E-state index contributed by atoms with van der Waals surface area (Å²) < 4.78 is 0. The summed E-state index contributed by atoms with van der Waals surface area (Å²) in [4.78, 5) is 86.4. The van der Waals surface area contributed by atoms with Crippen molar-refractivity contribution in [3.05, 3.63) is 65.1 Å². The number of primary amides is 1. The summed E-state index contributed by atoms with van der Waals surface area (Å²) in [5.74, 6) is 0.438. The van der Waals surface area contributed by atoms with E-state index in [-0.39, 0.29) is 30.6 Å². The van der Waals surface area contributed by atoms with Gasteiger partial charge in [-0.2, -0.15) is 0 Å². The van der Waals surface area contributed by atoms with E-state index in [2.05, 4.69) is 46.9 Å². The van der Waals surface area contributed by atoms with Crippen molar-refractivity contribution in [2.45, 2.75) is 59.4 Å². The number of piperazine rings is 2. The molecule has 2 aromatic heterocycles. The highest BCUT2D eigenvalue weighted by molar-refractivity contribution is 7.17. The van der Waals surface area contributed by atoms with Gasteiger partial charge in [-0.15, -0.1) is 0 Å². The lowest BCUT2D eigenvalue weighted by Crippen LogP contribution is -2.53. The van der Waals surface area contributed by atoms with Gasteiger partial charge >= 0.3 is 0 Å². The Labute approximate surface area is 325 Å². The molecular formula is C38H51N11O5S. The first-order valence-electron chi connectivity index (χ1n) is 18.8. The van der Waals surface area contributed by atoms with Gasteiger partial charge in [-0.25, -0.2) is 15.0 Å². The number of imide groups is 1. The van der Waals surface area contributed by atoms with Crippen molar-refractivity contribution in [1.82, 2.24) is 35.0 Å². The molecule has 1 atom stereocenters. The van der Waals surface area contributed by atoms with Crippen molar-refractivity contribution < 1.29 is 24.0 Å². The third kappa shape index (κ3) is 10.0. The maximum Gasteiger partial charge on any atom is 0.260 e. The normalized spacial score (nSPS) is 17.5. The van der Waals surface area contributed by atoms with E-state index in [9.17, 15) is 24.0 Å². The molecule has 1 aromatic carbocycles. The van der Waals surface area contributed by atoms with Gasteiger partial charge in [0.2, 0.25) is 17.7 Å². The SMILES string of the molecule is C=CN(C(=O)c1c(C)cccc1N1CCN(C(=O)CCCN2CCN(c3cc(Nc4ncc(C(N)=O)s4)nc(C)n3)CC2)CC1)C1CCC(=O)NC1=O.CC. The fraction of sp³-hybridized carbons (Fsp3) is 0.474. The molecule has 55 heavy (non-hydrogen) atoms. The summed E-state index contributed by atoms with van der Waals surface area (Å²) in [6.07, 6.45) is 4.41. The third-order valence-corrected chi connectivity index (χ3v) is 10.7. The Morgan fingerprint density at radius 3 is 2.40 bits per heavy atom. The first kappa shape index (κ1) is 40.8. The number of benzene rings is 1. The fourth-order valence-corrected chi connectivity index (χ4v) is 7.64. The second-order valence-corrected chi connectivity index (χ2v) is 14.3. The molecule has 16 nitrogen and oxygen atoms in total. The van der Waals surface area contributed by atoms with E-state index in [0.717, 1.165) is 56.2 Å². The lowest BCUT2D eigenvalue weighted by molar-refractivity contribution is -0.136. The molecule has 6 rings (SSSR count). The van der Waals surface area contributed by atoms with Crippen molar-refractivity contribution in [2.75, 3.05) is 74.0 Å². The van der Waals surface area contributed by atoms with Crippen LogP contribution in [0, 0.1) is 13.8 Å². The van der Waals surface area contributed by atoms with Crippen molar-refractivity contribution >= 4 is 63.3 Å². The quantitative estimate of drug-likeness (QED) is 0.229. The second-order valence-electron chi connectivity index (χ2n) is 13.3. The number of nitrogens with two attached hydrogens (primary N) is 1. The molecule has 1 unspecified atom stereocenters. The van der Waals surface area contributed by atoms with E-state index in [1.165, 1.54) is 28.6 Å². The molecule has 3 aliphatic rings. The van der Waals surface area contributed by atoms with Gasteiger partial charge in [0, 0.05) is 83.2 Å². The summed E-state index contributed by atoms with van der Waals surface area (Å²) in [5, 5.41) is 6.00. The minimum atomic E-state index is -0.807. The molecule has 3 saturated heterocycles. The van der Waals surface area contributed by atoms with Gasteiger partial charge in [0.1, 0.15) is 28.4 Å². The smallest absolute Gasteiger partial charge is 0.260 e. The van der Waals surface area contributed by atoms with Gasteiger partial charge in [-0.3, -0.25) is 34.2 Å². The molecule has 0 radical (unpaired) electrons. The number of amides is 5. The zero-order chi connectivity index (χ0) is 39.6. The van der Waals surface area contributed by atoms with Gasteiger partial charge in [-0.05, 0) is 44.9 Å². The standard InChI is InChI=1S/C36H45N11O5S.C2H6/c1-4-47(26-10-11-30(48)42-34(26)51)35(52)32-23(2)7-5-8-25(32)44-17-19-46(20-18-44)31(49)9-6-12-43-13-15-45(16-14-43)29-21-28(39-24(3)40-29)41-36-38-22-27(53-36)33(37)50;1-2/h4-5,7-8,21-22,26H,1,6,9-20H2,2-3H3,(H2,37,50)(H,42,48,51)(H,38,39,40,41);1-2H3. The number of hydrogen-bond donors (Lipinski definition) is 3. The van der Waals surface area contributed by atoms with Crippen molar-refractivity contribution in [2.24, 2.45) is 5.73 Å². The van der Waals surface area contributed by atoms with Gasteiger partial charge in [0.05, 0.1) is 11.8 Å². The largest absolute Gasteiger partial charge is 0.367 e. The van der Waals surface area contributed by atoms with Gasteiger partial charge in [0.15, 0.2) is 5.13 Å². The molecule has 5 amide bonds. The van der Waals surface area contributed by atoms with Crippen LogP contribution < -0.4 is 26.2 Å². The predicted octanol–water partition coefficient (Wildman–Crippen LogP) is 3.06. The van der Waals surface area contributed by atoms with Crippen molar-refractivity contribution in [3.8, 4) is 0 Å². The Kier molecular flexibility index (Phi) is 13.9. The maximum atomic E-state index is 13.9. The summed E-state index contributed by atoms with van der Waals surface area (Å²) in [7, 11) is 0. The Bertz CT molecular complexity index is 1890. The molecule has 0 spiro atoms. The van der Waals surface area contributed by atoms with E-state index in [4.69, 9.17) is 5.73 Å². The van der Waals surface area contributed by atoms with E-state index in [1.807, 2.05) is 56.9 Å². The number of hydrogen-bond acceptors (Lipinski definition) is 13. The lowest BCUT2D eigenvalue weighted by Gasteiger charge is -2.38. The number of anilines is 4. The number of thiazole rings is 1. The molecular weight excluding hydrogens is 723 g/mol. The zero-order valence-electron chi connectivity index (χ0n) is 32.0. The zero-order valence-corrected chi connectivity index (χ0v) is 32.9. The third-order valence-electron chi connectivity index (χ3n) is 9.78. The summed E-state index contributed by atoms with van der Waals surface area (Å²) in [6, 6.07) is 6.73. The molecule has 3 fully saturated rings. The Morgan fingerprint density at radius 2 is 1.75 bits per heavy atom. The van der Waals surface area contributed by atoms with Crippen LogP contribution in [0.4, 0.5) is 22.5 Å². The first-order chi connectivity index (χ1) is 26.5. The number of rotatable bonds is 12. The average molecular weight is 774 g/mol. The summed E-state index contributed by atoms with van der Waals surface area (Å²) in [5.41, 5.74) is 7.36. The maximum absolute atomic E-state index is 13.9. The minimum Gasteiger partial charge on any atom is -0.367 e. The van der Waals surface area contributed by atoms with Gasteiger partial charge in [0.25, 0.3) is 11.8 Å². The number of aryl methyl sites for hydroxylation is 2. The number of carbonyl (C=O) groups excluding carboxylic acids is 5. The van der Waals surface area contributed by atoms with E-state index >= 15 is 0 Å². The van der Waals surface area contributed by atoms with Crippen LogP contribution in [0.15, 0.2) is 43.2 Å². The highest BCUT2D eigenvalue weighted by Crippen LogP contribution is 2.29. The molecule has 294 valence electrons. The van der Waals surface area contributed by atoms with Crippen molar-refractivity contribution in [3.63, 3.8) is 0 Å². The number of aromatic nitrogens is 3. The van der Waals surface area contributed by atoms with Crippen LogP contribution >= 0.6 is 11.3 Å². The number of nitrogens with one attached hydrogen (secondary N) is 2. The number of carbonyl (C=O) groups is 5. The van der Waals surface area contributed by atoms with Crippen molar-refractivity contribution in [1.29, 1.82) is 0 Å². The number of nitrogens with zero attached hydrogens (tertiary/aromatic N) is 8. The Morgan fingerprint density at radius 1 is 1.04 bits per heavy atom. The molecule has 0 aliphatic carbocycles. The molecule has 17 heteroatoms. The summed E-state index contributed by atoms with van der Waals surface area (Å²) >= 11 is 1.17. The van der Waals surface area contributed by atoms with Crippen LogP contribution in [0.3, 0.4) is 0 Å². The molecule has 0 saturated carbocycles. The van der Waals surface area contributed by atoms with Crippen LogP contribution in [-0.4, -0.2) is 124 Å². The van der Waals surface area contributed by atoms with Gasteiger partial charge in [-0.1, -0.05) is 43.9 Å². The molecule has 4 N–H and O–H groups in total. The summed E-state index contributed by atoms with van der Waals surface area (Å²) in [6.45, 7) is 17.8. The molecule has 5 heterocycles. The van der Waals surface area contributed by atoms with Crippen LogP contribution in [0.2, 0.25) is 0 Å². The average Bonchev–Trinajstić information content (AvgIpc) is 3.65. The van der Waals surface area contributed by atoms with E-state index in [1.54, 1.807) is 0 Å². The van der Waals surface area contributed by atoms with E-state index < -0.39 is 17.9 Å². The van der Waals surface area contributed by atoms with Crippen LogP contribution in [-0.2, 0) is 14.4 Å². The lowest BCUT2D eigenvalue weighted by atomic mass is 10.00. The highest BCUT2D eigenvalue weighted by atomic mass is 32.1.